The van der Waals surface area contributed by atoms with Gasteiger partial charge < -0.3 is 14.6 Å². The van der Waals surface area contributed by atoms with E-state index in [0.717, 1.165) is 13.0 Å². The molecule has 0 aliphatic heterocycles. The fourth-order valence-electron chi connectivity index (χ4n) is 1.42. The Bertz CT molecular complexity index is 358. The highest BCUT2D eigenvalue weighted by Gasteiger charge is 2.14. The standard InChI is InChI=1S/C11H19N3O2/c1-8-10(16-9(2)13-8)11(15)12-6-5-7-14(3)4/h5-7H2,1-4H3,(H,12,15). The Balaban J connectivity index is 2.38. The maximum absolute atomic E-state index is 11.7. The third kappa shape index (κ3) is 3.66. The van der Waals surface area contributed by atoms with E-state index in [9.17, 15) is 4.79 Å². The molecule has 16 heavy (non-hydrogen) atoms. The number of aromatic nitrogens is 1. The molecule has 0 aliphatic rings. The molecule has 0 radical (unpaired) electrons. The predicted octanol–water partition coefficient (Wildman–Crippen LogP) is 0.973. The van der Waals surface area contributed by atoms with Crippen LogP contribution >= 0.6 is 0 Å². The molecule has 90 valence electrons. The lowest BCUT2D eigenvalue weighted by molar-refractivity contribution is 0.0922. The first-order chi connectivity index (χ1) is 7.50. The smallest absolute Gasteiger partial charge is 0.289 e. The summed E-state index contributed by atoms with van der Waals surface area (Å²) in [6.45, 7) is 5.10. The second kappa shape index (κ2) is 5.65. The number of amides is 1. The molecule has 0 bridgehead atoms. The molecule has 0 saturated heterocycles. The van der Waals surface area contributed by atoms with Crippen LogP contribution in [0.15, 0.2) is 4.42 Å². The predicted molar refractivity (Wildman–Crippen MR) is 61.5 cm³/mol. The highest BCUT2D eigenvalue weighted by Crippen LogP contribution is 2.08. The summed E-state index contributed by atoms with van der Waals surface area (Å²) in [6, 6.07) is 0. The van der Waals surface area contributed by atoms with Crippen LogP contribution in [0.4, 0.5) is 0 Å². The first kappa shape index (κ1) is 12.7. The number of rotatable bonds is 5. The summed E-state index contributed by atoms with van der Waals surface area (Å²) in [5, 5.41) is 2.81. The van der Waals surface area contributed by atoms with Crippen LogP contribution < -0.4 is 5.32 Å². The van der Waals surface area contributed by atoms with Gasteiger partial charge in [-0.3, -0.25) is 4.79 Å². The summed E-state index contributed by atoms with van der Waals surface area (Å²) in [4.78, 5) is 17.8. The highest BCUT2D eigenvalue weighted by molar-refractivity contribution is 5.92. The van der Waals surface area contributed by atoms with E-state index in [1.807, 2.05) is 14.1 Å². The SMILES string of the molecule is Cc1nc(C)c(C(=O)NCCCN(C)C)o1. The summed E-state index contributed by atoms with van der Waals surface area (Å²) in [5.74, 6) is 0.662. The van der Waals surface area contributed by atoms with Gasteiger partial charge >= 0.3 is 0 Å². The Kier molecular flexibility index (Phi) is 4.49. The molecule has 5 heteroatoms. The maximum Gasteiger partial charge on any atom is 0.289 e. The van der Waals surface area contributed by atoms with Crippen LogP contribution in [0.1, 0.15) is 28.6 Å². The number of carbonyl (C=O) groups is 1. The lowest BCUT2D eigenvalue weighted by Gasteiger charge is -2.09. The lowest BCUT2D eigenvalue weighted by atomic mass is 10.3. The van der Waals surface area contributed by atoms with Crippen LogP contribution in [0, 0.1) is 13.8 Å². The summed E-state index contributed by atoms with van der Waals surface area (Å²) in [5.41, 5.74) is 0.641. The van der Waals surface area contributed by atoms with Crippen LogP contribution in [0.2, 0.25) is 0 Å². The minimum Gasteiger partial charge on any atom is -0.436 e. The van der Waals surface area contributed by atoms with Crippen molar-refractivity contribution < 1.29 is 9.21 Å². The van der Waals surface area contributed by atoms with E-state index in [-0.39, 0.29) is 5.91 Å². The van der Waals surface area contributed by atoms with E-state index in [0.29, 0.717) is 23.9 Å². The Morgan fingerprint density at radius 2 is 2.12 bits per heavy atom. The number of hydrogen-bond acceptors (Lipinski definition) is 4. The van der Waals surface area contributed by atoms with Crippen molar-refractivity contribution in [3.63, 3.8) is 0 Å². The molecule has 5 nitrogen and oxygen atoms in total. The second-order valence-corrected chi connectivity index (χ2v) is 4.06. The quantitative estimate of drug-likeness (QED) is 0.759. The van der Waals surface area contributed by atoms with Crippen molar-refractivity contribution >= 4 is 5.91 Å². The number of nitrogens with zero attached hydrogens (tertiary/aromatic N) is 2. The molecule has 0 aliphatic carbocycles. The molecule has 0 atom stereocenters. The monoisotopic (exact) mass is 225 g/mol. The van der Waals surface area contributed by atoms with E-state index < -0.39 is 0 Å². The van der Waals surface area contributed by atoms with Crippen molar-refractivity contribution in [1.29, 1.82) is 0 Å². The van der Waals surface area contributed by atoms with Gasteiger partial charge in [-0.2, -0.15) is 0 Å². The second-order valence-electron chi connectivity index (χ2n) is 4.06. The number of aryl methyl sites for hydroxylation is 2. The van der Waals surface area contributed by atoms with Crippen LogP contribution in [0.25, 0.3) is 0 Å². The molecule has 1 rings (SSSR count). The van der Waals surface area contributed by atoms with E-state index >= 15 is 0 Å². The van der Waals surface area contributed by atoms with Crippen molar-refractivity contribution in [2.45, 2.75) is 20.3 Å². The van der Waals surface area contributed by atoms with Gasteiger partial charge in [-0.1, -0.05) is 0 Å². The summed E-state index contributed by atoms with van der Waals surface area (Å²) in [6.07, 6.45) is 0.922. The van der Waals surface area contributed by atoms with E-state index in [1.54, 1.807) is 13.8 Å². The van der Waals surface area contributed by atoms with Crippen LogP contribution in [0.5, 0.6) is 0 Å². The first-order valence-electron chi connectivity index (χ1n) is 5.37. The largest absolute Gasteiger partial charge is 0.436 e. The third-order valence-electron chi connectivity index (χ3n) is 2.18. The number of nitrogens with one attached hydrogen (secondary N) is 1. The normalized spacial score (nSPS) is 10.8. The Morgan fingerprint density at radius 1 is 1.44 bits per heavy atom. The van der Waals surface area contributed by atoms with Crippen molar-refractivity contribution in [3.8, 4) is 0 Å². The van der Waals surface area contributed by atoms with E-state index in [1.165, 1.54) is 0 Å². The molecule has 0 saturated carbocycles. The van der Waals surface area contributed by atoms with Gasteiger partial charge in [-0.25, -0.2) is 4.98 Å². The molecule has 1 N–H and O–H groups in total. The molecule has 1 amide bonds. The average molecular weight is 225 g/mol. The summed E-state index contributed by atoms with van der Waals surface area (Å²) in [7, 11) is 4.01. The van der Waals surface area contributed by atoms with Gasteiger partial charge in [0.1, 0.15) is 0 Å². The zero-order valence-corrected chi connectivity index (χ0v) is 10.3. The number of oxazole rings is 1. The van der Waals surface area contributed by atoms with Crippen LogP contribution in [-0.4, -0.2) is 43.0 Å². The molecule has 0 aromatic carbocycles. The Morgan fingerprint density at radius 3 is 2.62 bits per heavy atom. The molecular weight excluding hydrogens is 206 g/mol. The average Bonchev–Trinajstić information content (AvgIpc) is 2.52. The van der Waals surface area contributed by atoms with Crippen LogP contribution in [0.3, 0.4) is 0 Å². The molecule has 1 aromatic rings. The number of carbonyl (C=O) groups excluding carboxylic acids is 1. The van der Waals surface area contributed by atoms with Crippen molar-refractivity contribution in [3.05, 3.63) is 17.3 Å². The van der Waals surface area contributed by atoms with Gasteiger partial charge in [0.2, 0.25) is 5.76 Å². The van der Waals surface area contributed by atoms with Gasteiger partial charge in [0.25, 0.3) is 5.91 Å². The minimum absolute atomic E-state index is 0.183. The van der Waals surface area contributed by atoms with Crippen molar-refractivity contribution in [2.24, 2.45) is 0 Å². The Hall–Kier alpha value is -1.36. The van der Waals surface area contributed by atoms with Crippen molar-refractivity contribution in [2.75, 3.05) is 27.2 Å². The van der Waals surface area contributed by atoms with Gasteiger partial charge in [0.15, 0.2) is 5.89 Å². The third-order valence-corrected chi connectivity index (χ3v) is 2.18. The molecule has 0 fully saturated rings. The first-order valence-corrected chi connectivity index (χ1v) is 5.37. The number of hydrogen-bond donors (Lipinski definition) is 1. The molecule has 1 aromatic heterocycles. The fourth-order valence-corrected chi connectivity index (χ4v) is 1.42. The molecular formula is C11H19N3O2. The summed E-state index contributed by atoms with van der Waals surface area (Å²) >= 11 is 0. The van der Waals surface area contributed by atoms with Crippen LogP contribution in [-0.2, 0) is 0 Å². The molecule has 1 heterocycles. The van der Waals surface area contributed by atoms with Gasteiger partial charge in [-0.05, 0) is 34.0 Å². The minimum atomic E-state index is -0.183. The highest BCUT2D eigenvalue weighted by atomic mass is 16.4. The lowest BCUT2D eigenvalue weighted by Crippen LogP contribution is -2.27. The van der Waals surface area contributed by atoms with Gasteiger partial charge in [-0.15, -0.1) is 0 Å². The molecule has 0 spiro atoms. The van der Waals surface area contributed by atoms with E-state index in [4.69, 9.17) is 4.42 Å². The van der Waals surface area contributed by atoms with E-state index in [2.05, 4.69) is 15.2 Å². The van der Waals surface area contributed by atoms with Gasteiger partial charge in [0, 0.05) is 13.5 Å². The van der Waals surface area contributed by atoms with Crippen molar-refractivity contribution in [1.82, 2.24) is 15.2 Å². The Labute approximate surface area is 95.8 Å². The molecule has 0 unspecified atom stereocenters. The van der Waals surface area contributed by atoms with Gasteiger partial charge in [0.05, 0.1) is 5.69 Å². The zero-order chi connectivity index (χ0) is 12.1. The fraction of sp³-hybridized carbons (Fsp3) is 0.636. The zero-order valence-electron chi connectivity index (χ0n) is 10.3. The maximum atomic E-state index is 11.7. The summed E-state index contributed by atoms with van der Waals surface area (Å²) < 4.78 is 5.22. The topological polar surface area (TPSA) is 58.4 Å².